The molecule has 2 N–H and O–H groups in total. The molecule has 0 aliphatic heterocycles. The summed E-state index contributed by atoms with van der Waals surface area (Å²) in [7, 11) is 0. The van der Waals surface area contributed by atoms with Crippen LogP contribution >= 0.6 is 0 Å². The zero-order chi connectivity index (χ0) is 10.3. The third-order valence-corrected chi connectivity index (χ3v) is 3.03. The van der Waals surface area contributed by atoms with Crippen LogP contribution in [0.15, 0.2) is 18.2 Å². The minimum Gasteiger partial charge on any atom is -0.315 e. The van der Waals surface area contributed by atoms with Gasteiger partial charge in [0, 0.05) is 6.42 Å². The summed E-state index contributed by atoms with van der Waals surface area (Å²) in [5, 5.41) is 0. The van der Waals surface area contributed by atoms with Crippen LogP contribution in [0.25, 0.3) is 0 Å². The van der Waals surface area contributed by atoms with Gasteiger partial charge < -0.3 is 5.73 Å². The molecule has 1 aromatic carbocycles. The van der Waals surface area contributed by atoms with Gasteiger partial charge in [0.25, 0.3) is 0 Å². The first-order valence-corrected chi connectivity index (χ1v) is 4.94. The van der Waals surface area contributed by atoms with Gasteiger partial charge >= 0.3 is 0 Å². The normalized spacial score (nSPS) is 26.1. The molecule has 1 aliphatic carbocycles. The first-order valence-electron chi connectivity index (χ1n) is 4.94. The Morgan fingerprint density at radius 3 is 2.79 bits per heavy atom. The van der Waals surface area contributed by atoms with Crippen molar-refractivity contribution >= 4 is 5.78 Å². The second-order valence-electron chi connectivity index (χ2n) is 4.29. The van der Waals surface area contributed by atoms with Crippen LogP contribution in [0.2, 0.25) is 0 Å². The predicted octanol–water partition coefficient (Wildman–Crippen LogP) is 1.68. The minimum absolute atomic E-state index is 0.149. The van der Waals surface area contributed by atoms with Gasteiger partial charge in [0.2, 0.25) is 0 Å². The fourth-order valence-corrected chi connectivity index (χ4v) is 2.05. The number of Topliss-reactive ketones (excluding diaryl/α,β-unsaturated/α-hetero) is 1. The first-order chi connectivity index (χ1) is 6.51. The lowest BCUT2D eigenvalue weighted by molar-refractivity contribution is -0.124. The number of carbonyl (C=O) groups excluding carboxylic acids is 1. The number of ketones is 1. The number of hydrogen-bond acceptors (Lipinski definition) is 2. The second-order valence-corrected chi connectivity index (χ2v) is 4.29. The molecule has 1 unspecified atom stereocenters. The van der Waals surface area contributed by atoms with Crippen LogP contribution in [0.1, 0.15) is 30.0 Å². The topological polar surface area (TPSA) is 43.1 Å². The van der Waals surface area contributed by atoms with E-state index in [1.54, 1.807) is 0 Å². The van der Waals surface area contributed by atoms with Gasteiger partial charge in [0.15, 0.2) is 5.78 Å². The van der Waals surface area contributed by atoms with Crippen LogP contribution in [-0.2, 0) is 16.8 Å². The Hall–Kier alpha value is -1.15. The Morgan fingerprint density at radius 2 is 2.07 bits per heavy atom. The van der Waals surface area contributed by atoms with Crippen LogP contribution < -0.4 is 5.73 Å². The number of aryl methyl sites for hydroxylation is 2. The molecule has 1 atom stereocenters. The lowest BCUT2D eigenvalue weighted by Crippen LogP contribution is -2.45. The van der Waals surface area contributed by atoms with Crippen LogP contribution in [0.5, 0.6) is 0 Å². The maximum absolute atomic E-state index is 11.7. The molecule has 1 aromatic rings. The van der Waals surface area contributed by atoms with Crippen LogP contribution in [-0.4, -0.2) is 5.78 Å². The molecule has 2 heteroatoms. The van der Waals surface area contributed by atoms with E-state index in [1.807, 2.05) is 19.9 Å². The van der Waals surface area contributed by atoms with Gasteiger partial charge in [-0.25, -0.2) is 0 Å². The number of fused-ring (bicyclic) bond motifs is 1. The highest BCUT2D eigenvalue weighted by atomic mass is 16.1. The van der Waals surface area contributed by atoms with E-state index in [4.69, 9.17) is 5.73 Å². The Kier molecular flexibility index (Phi) is 1.96. The average molecular weight is 189 g/mol. The van der Waals surface area contributed by atoms with Crippen molar-refractivity contribution in [2.45, 2.75) is 32.2 Å². The molecular weight excluding hydrogens is 174 g/mol. The summed E-state index contributed by atoms with van der Waals surface area (Å²) in [4.78, 5) is 11.7. The number of rotatable bonds is 0. The Balaban J connectivity index is 2.61. The molecule has 1 aliphatic rings. The van der Waals surface area contributed by atoms with Gasteiger partial charge in [-0.1, -0.05) is 23.8 Å². The highest BCUT2D eigenvalue weighted by molar-refractivity contribution is 5.91. The van der Waals surface area contributed by atoms with E-state index >= 15 is 0 Å². The van der Waals surface area contributed by atoms with Crippen molar-refractivity contribution in [3.8, 4) is 0 Å². The maximum atomic E-state index is 11.7. The van der Waals surface area contributed by atoms with Gasteiger partial charge in [-0.05, 0) is 31.4 Å². The van der Waals surface area contributed by atoms with Gasteiger partial charge in [0.05, 0.1) is 5.54 Å². The summed E-state index contributed by atoms with van der Waals surface area (Å²) in [6.45, 7) is 3.84. The third kappa shape index (κ3) is 1.26. The number of nitrogens with two attached hydrogens (primary N) is 1. The molecule has 0 saturated carbocycles. The summed E-state index contributed by atoms with van der Waals surface area (Å²) < 4.78 is 0. The molecule has 0 bridgehead atoms. The van der Waals surface area contributed by atoms with E-state index in [9.17, 15) is 4.79 Å². The second kappa shape index (κ2) is 2.92. The van der Waals surface area contributed by atoms with E-state index < -0.39 is 5.54 Å². The molecule has 0 radical (unpaired) electrons. The molecule has 0 amide bonds. The summed E-state index contributed by atoms with van der Waals surface area (Å²) in [5.41, 5.74) is 8.67. The smallest absolute Gasteiger partial charge is 0.157 e. The van der Waals surface area contributed by atoms with Crippen molar-refractivity contribution < 1.29 is 4.79 Å². The third-order valence-electron chi connectivity index (χ3n) is 3.03. The van der Waals surface area contributed by atoms with E-state index in [1.165, 1.54) is 5.56 Å². The molecule has 2 nitrogen and oxygen atoms in total. The molecule has 0 aromatic heterocycles. The predicted molar refractivity (Wildman–Crippen MR) is 56.0 cm³/mol. The van der Waals surface area contributed by atoms with E-state index in [0.717, 1.165) is 17.5 Å². The van der Waals surface area contributed by atoms with Crippen molar-refractivity contribution in [1.29, 1.82) is 0 Å². The minimum atomic E-state index is -0.778. The molecule has 14 heavy (non-hydrogen) atoms. The Bertz CT molecular complexity index is 393. The summed E-state index contributed by atoms with van der Waals surface area (Å²) in [6.07, 6.45) is 1.41. The zero-order valence-corrected chi connectivity index (χ0v) is 8.63. The standard InChI is InChI=1S/C12H15NO/c1-8-3-4-9-5-6-11(14)12(2,13)10(9)7-8/h3-4,7H,5-6,13H2,1-2H3. The molecule has 0 spiro atoms. The highest BCUT2D eigenvalue weighted by Crippen LogP contribution is 2.30. The zero-order valence-electron chi connectivity index (χ0n) is 8.63. The summed E-state index contributed by atoms with van der Waals surface area (Å²) in [5.74, 6) is 0.149. The first kappa shape index (κ1) is 9.41. The van der Waals surface area contributed by atoms with Crippen LogP contribution in [0.3, 0.4) is 0 Å². The van der Waals surface area contributed by atoms with Crippen molar-refractivity contribution in [2.24, 2.45) is 5.73 Å². The number of hydrogen-bond donors (Lipinski definition) is 1. The lowest BCUT2D eigenvalue weighted by atomic mass is 9.77. The lowest BCUT2D eigenvalue weighted by Gasteiger charge is -2.31. The van der Waals surface area contributed by atoms with Gasteiger partial charge in [0.1, 0.15) is 0 Å². The summed E-state index contributed by atoms with van der Waals surface area (Å²) >= 11 is 0. The molecule has 2 rings (SSSR count). The number of benzene rings is 1. The largest absolute Gasteiger partial charge is 0.315 e. The summed E-state index contributed by atoms with van der Waals surface area (Å²) in [6, 6.07) is 6.19. The Labute approximate surface area is 84.1 Å². The molecule has 74 valence electrons. The highest BCUT2D eigenvalue weighted by Gasteiger charge is 2.35. The van der Waals surface area contributed by atoms with Crippen molar-refractivity contribution in [1.82, 2.24) is 0 Å². The van der Waals surface area contributed by atoms with E-state index in [-0.39, 0.29) is 5.78 Å². The number of carbonyl (C=O) groups is 1. The fourth-order valence-electron chi connectivity index (χ4n) is 2.05. The van der Waals surface area contributed by atoms with Crippen molar-refractivity contribution in [3.05, 3.63) is 34.9 Å². The SMILES string of the molecule is Cc1ccc2c(c1)C(C)(N)C(=O)CC2. The van der Waals surface area contributed by atoms with Crippen molar-refractivity contribution in [3.63, 3.8) is 0 Å². The average Bonchev–Trinajstić information content (AvgIpc) is 2.13. The molecule has 0 heterocycles. The molecule has 0 saturated heterocycles. The van der Waals surface area contributed by atoms with Gasteiger partial charge in [-0.15, -0.1) is 0 Å². The monoisotopic (exact) mass is 189 g/mol. The van der Waals surface area contributed by atoms with E-state index in [0.29, 0.717) is 6.42 Å². The van der Waals surface area contributed by atoms with Crippen molar-refractivity contribution in [2.75, 3.05) is 0 Å². The quantitative estimate of drug-likeness (QED) is 0.674. The van der Waals surface area contributed by atoms with E-state index in [2.05, 4.69) is 12.1 Å². The molecular formula is C12H15NO. The van der Waals surface area contributed by atoms with Crippen LogP contribution in [0, 0.1) is 6.92 Å². The maximum Gasteiger partial charge on any atom is 0.157 e. The molecule has 0 fully saturated rings. The Morgan fingerprint density at radius 1 is 1.36 bits per heavy atom. The van der Waals surface area contributed by atoms with Gasteiger partial charge in [-0.2, -0.15) is 0 Å². The fraction of sp³-hybridized carbons (Fsp3) is 0.417. The van der Waals surface area contributed by atoms with Crippen LogP contribution in [0.4, 0.5) is 0 Å². The van der Waals surface area contributed by atoms with Gasteiger partial charge in [-0.3, -0.25) is 4.79 Å².